The first-order chi connectivity index (χ1) is 16.5. The zero-order valence-corrected chi connectivity index (χ0v) is 19.3. The summed E-state index contributed by atoms with van der Waals surface area (Å²) in [6, 6.07) is 31.0. The van der Waals surface area contributed by atoms with Gasteiger partial charge in [-0.1, -0.05) is 67.6 Å². The van der Waals surface area contributed by atoms with Gasteiger partial charge in [0.1, 0.15) is 0 Å². The van der Waals surface area contributed by atoms with Crippen molar-refractivity contribution in [3.05, 3.63) is 130 Å². The van der Waals surface area contributed by atoms with Crippen molar-refractivity contribution in [1.82, 2.24) is 0 Å². The molecular formula is C30H26N2O2. The van der Waals surface area contributed by atoms with E-state index in [-0.39, 0.29) is 17.7 Å². The number of aryl methyl sites for hydroxylation is 1. The van der Waals surface area contributed by atoms with E-state index in [1.165, 1.54) is 5.56 Å². The number of carbonyl (C=O) groups excluding carboxylic acids is 2. The molecule has 1 atom stereocenters. The monoisotopic (exact) mass is 446 g/mol. The summed E-state index contributed by atoms with van der Waals surface area (Å²) in [5, 5.41) is 2.93. The van der Waals surface area contributed by atoms with Crippen LogP contribution in [0.15, 0.2) is 97.1 Å². The molecule has 5 rings (SSSR count). The molecule has 4 heteroatoms. The van der Waals surface area contributed by atoms with Crippen LogP contribution in [0.3, 0.4) is 0 Å². The van der Waals surface area contributed by atoms with Gasteiger partial charge in [0.15, 0.2) is 0 Å². The summed E-state index contributed by atoms with van der Waals surface area (Å²) in [5.74, 6) is -0.0263. The second-order valence-corrected chi connectivity index (χ2v) is 8.72. The Labute approximate surface area is 199 Å². The summed E-state index contributed by atoms with van der Waals surface area (Å²) in [4.78, 5) is 28.2. The van der Waals surface area contributed by atoms with Crippen LogP contribution in [0.2, 0.25) is 0 Å². The average molecular weight is 447 g/mol. The summed E-state index contributed by atoms with van der Waals surface area (Å²) in [7, 11) is 0. The number of nitrogens with one attached hydrogen (secondary N) is 1. The Kier molecular flexibility index (Phi) is 5.72. The summed E-state index contributed by atoms with van der Waals surface area (Å²) in [5.41, 5.74) is 7.27. The quantitative estimate of drug-likeness (QED) is 0.387. The van der Waals surface area contributed by atoms with E-state index in [1.807, 2.05) is 54.3 Å². The summed E-state index contributed by atoms with van der Waals surface area (Å²) in [6.07, 6.45) is 0. The van der Waals surface area contributed by atoms with Crippen LogP contribution in [0, 0.1) is 6.92 Å². The van der Waals surface area contributed by atoms with E-state index >= 15 is 0 Å². The molecule has 1 aliphatic heterocycles. The number of hydrogen-bond donors (Lipinski definition) is 1. The second-order valence-electron chi connectivity index (χ2n) is 8.72. The van der Waals surface area contributed by atoms with Crippen molar-refractivity contribution in [3.8, 4) is 0 Å². The van der Waals surface area contributed by atoms with Gasteiger partial charge in [0, 0.05) is 28.4 Å². The van der Waals surface area contributed by atoms with Gasteiger partial charge in [-0.3, -0.25) is 9.59 Å². The third kappa shape index (κ3) is 3.99. The molecular weight excluding hydrogens is 420 g/mol. The molecule has 1 N–H and O–H groups in total. The minimum atomic E-state index is -0.163. The van der Waals surface area contributed by atoms with Crippen LogP contribution in [0.25, 0.3) is 0 Å². The molecule has 0 saturated carbocycles. The number of rotatable bonds is 3. The zero-order valence-electron chi connectivity index (χ0n) is 19.3. The smallest absolute Gasteiger partial charge is 0.258 e. The molecule has 4 aromatic carbocycles. The Balaban J connectivity index is 1.43. The maximum atomic E-state index is 13.7. The number of benzene rings is 4. The lowest BCUT2D eigenvalue weighted by molar-refractivity contribution is 0.0984. The first-order valence-corrected chi connectivity index (χ1v) is 11.5. The molecule has 168 valence electrons. The van der Waals surface area contributed by atoms with Crippen LogP contribution in [-0.4, -0.2) is 11.8 Å². The highest BCUT2D eigenvalue weighted by molar-refractivity contribution is 6.08. The molecule has 34 heavy (non-hydrogen) atoms. The Bertz CT molecular complexity index is 1370. The van der Waals surface area contributed by atoms with Gasteiger partial charge in [-0.25, -0.2) is 0 Å². The fraction of sp³-hybridized carbons (Fsp3) is 0.133. The Hall–Kier alpha value is -4.18. The fourth-order valence-corrected chi connectivity index (χ4v) is 4.68. The molecule has 1 aliphatic rings. The third-order valence-corrected chi connectivity index (χ3v) is 6.57. The van der Waals surface area contributed by atoms with Gasteiger partial charge < -0.3 is 10.2 Å². The standard InChI is InChI=1S/C30H26N2O2/c1-20-9-3-5-11-25(20)29(33)31-24-17-15-22(16-18-24)30(34)32-19-23-10-4-6-12-26(23)21(2)27-13-7-8-14-28(27)32/h3-18,21H,19H2,1-2H3,(H,31,33). The Morgan fingerprint density at radius 3 is 2.21 bits per heavy atom. The summed E-state index contributed by atoms with van der Waals surface area (Å²) >= 11 is 0. The highest BCUT2D eigenvalue weighted by atomic mass is 16.2. The van der Waals surface area contributed by atoms with Crippen molar-refractivity contribution in [3.63, 3.8) is 0 Å². The molecule has 2 amide bonds. The SMILES string of the molecule is Cc1ccccc1C(=O)Nc1ccc(C(=O)N2Cc3ccccc3C(C)c3ccccc32)cc1. The van der Waals surface area contributed by atoms with E-state index in [2.05, 4.69) is 36.5 Å². The van der Waals surface area contributed by atoms with Gasteiger partial charge in [-0.05, 0) is 65.6 Å². The predicted octanol–water partition coefficient (Wildman–Crippen LogP) is 6.56. The molecule has 0 aromatic heterocycles. The van der Waals surface area contributed by atoms with Crippen LogP contribution in [0.4, 0.5) is 11.4 Å². The molecule has 0 spiro atoms. The number of nitrogens with zero attached hydrogens (tertiary/aromatic N) is 1. The molecule has 1 unspecified atom stereocenters. The molecule has 0 fully saturated rings. The van der Waals surface area contributed by atoms with Crippen molar-refractivity contribution in [2.24, 2.45) is 0 Å². The summed E-state index contributed by atoms with van der Waals surface area (Å²) < 4.78 is 0. The van der Waals surface area contributed by atoms with E-state index in [9.17, 15) is 9.59 Å². The lowest BCUT2D eigenvalue weighted by Crippen LogP contribution is -2.30. The van der Waals surface area contributed by atoms with Crippen LogP contribution in [0.1, 0.15) is 55.8 Å². The third-order valence-electron chi connectivity index (χ3n) is 6.57. The molecule has 4 nitrogen and oxygen atoms in total. The number of amides is 2. The van der Waals surface area contributed by atoms with Gasteiger partial charge >= 0.3 is 0 Å². The van der Waals surface area contributed by atoms with Crippen LogP contribution in [0.5, 0.6) is 0 Å². The van der Waals surface area contributed by atoms with Crippen LogP contribution >= 0.6 is 0 Å². The Morgan fingerprint density at radius 1 is 0.794 bits per heavy atom. The molecule has 0 aliphatic carbocycles. The van der Waals surface area contributed by atoms with Gasteiger partial charge in [-0.15, -0.1) is 0 Å². The van der Waals surface area contributed by atoms with Gasteiger partial charge in [0.25, 0.3) is 11.8 Å². The fourth-order valence-electron chi connectivity index (χ4n) is 4.68. The molecule has 1 heterocycles. The van der Waals surface area contributed by atoms with Crippen molar-refractivity contribution in [1.29, 1.82) is 0 Å². The predicted molar refractivity (Wildman–Crippen MR) is 136 cm³/mol. The molecule has 4 aromatic rings. The van der Waals surface area contributed by atoms with Crippen molar-refractivity contribution in [2.75, 3.05) is 10.2 Å². The highest BCUT2D eigenvalue weighted by Gasteiger charge is 2.28. The summed E-state index contributed by atoms with van der Waals surface area (Å²) in [6.45, 7) is 4.62. The zero-order chi connectivity index (χ0) is 23.7. The van der Waals surface area contributed by atoms with Crippen molar-refractivity contribution < 1.29 is 9.59 Å². The number of fused-ring (bicyclic) bond motifs is 2. The molecule has 0 saturated heterocycles. The van der Waals surface area contributed by atoms with Crippen LogP contribution in [-0.2, 0) is 6.54 Å². The Morgan fingerprint density at radius 2 is 1.44 bits per heavy atom. The van der Waals surface area contributed by atoms with Crippen molar-refractivity contribution >= 4 is 23.2 Å². The largest absolute Gasteiger partial charge is 0.322 e. The van der Waals surface area contributed by atoms with Crippen LogP contribution < -0.4 is 10.2 Å². The molecule has 0 radical (unpaired) electrons. The van der Waals surface area contributed by atoms with Gasteiger partial charge in [-0.2, -0.15) is 0 Å². The minimum Gasteiger partial charge on any atom is -0.322 e. The van der Waals surface area contributed by atoms with E-state index < -0.39 is 0 Å². The first-order valence-electron chi connectivity index (χ1n) is 11.5. The van der Waals surface area contributed by atoms with E-state index in [0.29, 0.717) is 23.4 Å². The highest BCUT2D eigenvalue weighted by Crippen LogP contribution is 2.38. The van der Waals surface area contributed by atoms with E-state index in [1.54, 1.807) is 30.3 Å². The van der Waals surface area contributed by atoms with Gasteiger partial charge in [0.2, 0.25) is 0 Å². The maximum Gasteiger partial charge on any atom is 0.258 e. The van der Waals surface area contributed by atoms with E-state index in [0.717, 1.165) is 22.4 Å². The number of carbonyl (C=O) groups is 2. The number of anilines is 2. The van der Waals surface area contributed by atoms with Crippen molar-refractivity contribution in [2.45, 2.75) is 26.3 Å². The number of hydrogen-bond acceptors (Lipinski definition) is 2. The average Bonchev–Trinajstić information content (AvgIpc) is 2.99. The first kappa shape index (κ1) is 21.7. The lowest BCUT2D eigenvalue weighted by atomic mass is 9.90. The minimum absolute atomic E-state index is 0.0619. The molecule has 0 bridgehead atoms. The lowest BCUT2D eigenvalue weighted by Gasteiger charge is -2.24. The topological polar surface area (TPSA) is 49.4 Å². The normalized spacial score (nSPS) is 14.5. The van der Waals surface area contributed by atoms with E-state index in [4.69, 9.17) is 0 Å². The van der Waals surface area contributed by atoms with Gasteiger partial charge in [0.05, 0.1) is 6.54 Å². The number of para-hydroxylation sites is 1. The maximum absolute atomic E-state index is 13.7. The second kappa shape index (κ2) is 8.99.